The SMILES string of the molecule is CCOC(=O)c1c(NC(=S)Nc2c(C)nn(Cc3c(F)cccc3Cl)c2C)sc2c1CCCCCC2. The van der Waals surface area contributed by atoms with Gasteiger partial charge in [0.05, 0.1) is 35.8 Å². The van der Waals surface area contributed by atoms with Gasteiger partial charge in [0.25, 0.3) is 0 Å². The van der Waals surface area contributed by atoms with Crippen LogP contribution in [0.4, 0.5) is 15.1 Å². The third-order valence-electron chi connectivity index (χ3n) is 6.37. The molecule has 3 aromatic rings. The molecule has 2 N–H and O–H groups in total. The van der Waals surface area contributed by atoms with Crippen LogP contribution in [0.3, 0.4) is 0 Å². The van der Waals surface area contributed by atoms with Crippen LogP contribution >= 0.6 is 35.2 Å². The van der Waals surface area contributed by atoms with Crippen molar-refractivity contribution in [2.45, 2.75) is 65.8 Å². The summed E-state index contributed by atoms with van der Waals surface area (Å²) in [5.41, 5.74) is 4.31. The normalized spacial score (nSPS) is 13.5. The number of rotatable bonds is 6. The molecule has 1 aromatic carbocycles. The number of halogens is 2. The summed E-state index contributed by atoms with van der Waals surface area (Å²) in [6.45, 7) is 6.07. The van der Waals surface area contributed by atoms with E-state index in [-0.39, 0.29) is 18.3 Å². The van der Waals surface area contributed by atoms with Crippen molar-refractivity contribution in [3.05, 3.63) is 62.0 Å². The smallest absolute Gasteiger partial charge is 0.341 e. The van der Waals surface area contributed by atoms with Gasteiger partial charge in [0, 0.05) is 15.5 Å². The maximum atomic E-state index is 14.3. The van der Waals surface area contributed by atoms with Crippen LogP contribution in [-0.4, -0.2) is 27.5 Å². The van der Waals surface area contributed by atoms with Gasteiger partial charge >= 0.3 is 5.97 Å². The zero-order chi connectivity index (χ0) is 25.8. The van der Waals surface area contributed by atoms with Gasteiger partial charge in [-0.25, -0.2) is 9.18 Å². The number of nitrogens with one attached hydrogen (secondary N) is 2. The summed E-state index contributed by atoms with van der Waals surface area (Å²) in [7, 11) is 0. The van der Waals surface area contributed by atoms with Crippen LogP contribution in [0.25, 0.3) is 0 Å². The fraction of sp³-hybridized carbons (Fsp3) is 0.423. The van der Waals surface area contributed by atoms with E-state index in [1.165, 1.54) is 23.8 Å². The largest absolute Gasteiger partial charge is 0.462 e. The number of thiocarbonyl (C=S) groups is 1. The molecule has 2 heterocycles. The highest BCUT2D eigenvalue weighted by Crippen LogP contribution is 2.38. The van der Waals surface area contributed by atoms with Crippen LogP contribution in [-0.2, 0) is 24.1 Å². The van der Waals surface area contributed by atoms with Gasteiger partial charge < -0.3 is 15.4 Å². The molecule has 0 radical (unpaired) electrons. The van der Waals surface area contributed by atoms with Crippen molar-refractivity contribution >= 4 is 56.9 Å². The molecule has 1 aliphatic rings. The molecule has 0 saturated heterocycles. The number of aromatic nitrogens is 2. The van der Waals surface area contributed by atoms with Crippen LogP contribution in [0.1, 0.15) is 70.4 Å². The Morgan fingerprint density at radius 1 is 1.22 bits per heavy atom. The quantitative estimate of drug-likeness (QED) is 0.254. The summed E-state index contributed by atoms with van der Waals surface area (Å²) in [6.07, 6.45) is 6.36. The second kappa shape index (κ2) is 11.7. The molecule has 36 heavy (non-hydrogen) atoms. The topological polar surface area (TPSA) is 68.2 Å². The lowest BCUT2D eigenvalue weighted by Gasteiger charge is -2.13. The molecule has 0 atom stereocenters. The van der Waals surface area contributed by atoms with Crippen LogP contribution in [0.2, 0.25) is 5.02 Å². The summed E-state index contributed by atoms with van der Waals surface area (Å²) in [5, 5.41) is 12.5. The maximum Gasteiger partial charge on any atom is 0.341 e. The molecule has 0 spiro atoms. The van der Waals surface area contributed by atoms with Gasteiger partial charge in [-0.15, -0.1) is 11.3 Å². The molecule has 0 bridgehead atoms. The predicted molar refractivity (Wildman–Crippen MR) is 148 cm³/mol. The summed E-state index contributed by atoms with van der Waals surface area (Å²) in [5.74, 6) is -0.690. The number of thiophene rings is 1. The third kappa shape index (κ3) is 5.74. The monoisotopic (exact) mass is 548 g/mol. The van der Waals surface area contributed by atoms with Crippen molar-refractivity contribution in [2.24, 2.45) is 0 Å². The molecule has 10 heteroatoms. The van der Waals surface area contributed by atoms with Gasteiger partial charge in [-0.2, -0.15) is 5.10 Å². The van der Waals surface area contributed by atoms with Gasteiger partial charge in [-0.3, -0.25) is 4.68 Å². The molecule has 2 aromatic heterocycles. The lowest BCUT2D eigenvalue weighted by atomic mass is 9.96. The van der Waals surface area contributed by atoms with Crippen molar-refractivity contribution in [2.75, 3.05) is 17.2 Å². The number of carbonyl (C=O) groups is 1. The number of benzene rings is 1. The van der Waals surface area contributed by atoms with E-state index >= 15 is 0 Å². The highest BCUT2D eigenvalue weighted by Gasteiger charge is 2.26. The summed E-state index contributed by atoms with van der Waals surface area (Å²) in [6, 6.07) is 4.63. The third-order valence-corrected chi connectivity index (χ3v) is 8.13. The number of fused-ring (bicyclic) bond motifs is 1. The van der Waals surface area contributed by atoms with Crippen molar-refractivity contribution < 1.29 is 13.9 Å². The number of hydrogen-bond acceptors (Lipinski definition) is 5. The standard InChI is InChI=1S/C26H30ClFN4O2S2/c1-4-34-25(33)22-17-10-7-5-6-8-13-21(17)36-24(22)30-26(35)29-23-15(2)31-32(16(23)3)14-18-19(27)11-9-12-20(18)28/h9,11-12H,4-8,10,13-14H2,1-3H3,(H2,29,30,35). The summed E-state index contributed by atoms with van der Waals surface area (Å²) in [4.78, 5) is 14.1. The second-order valence-electron chi connectivity index (χ2n) is 8.83. The first-order chi connectivity index (χ1) is 17.3. The van der Waals surface area contributed by atoms with Crippen LogP contribution in [0, 0.1) is 19.7 Å². The highest BCUT2D eigenvalue weighted by atomic mass is 35.5. The Labute approximate surface area is 225 Å². The number of anilines is 2. The van der Waals surface area contributed by atoms with Crippen LogP contribution < -0.4 is 10.6 Å². The minimum atomic E-state index is -0.374. The number of carbonyl (C=O) groups excluding carboxylic acids is 1. The molecular formula is C26H30ClFN4O2S2. The molecule has 1 aliphatic carbocycles. The fourth-order valence-electron chi connectivity index (χ4n) is 4.54. The first-order valence-corrected chi connectivity index (χ1v) is 13.8. The van der Waals surface area contributed by atoms with Crippen LogP contribution in [0.15, 0.2) is 18.2 Å². The van der Waals surface area contributed by atoms with E-state index in [0.29, 0.717) is 38.6 Å². The first kappa shape index (κ1) is 26.6. The lowest BCUT2D eigenvalue weighted by molar-refractivity contribution is 0.0526. The summed E-state index contributed by atoms with van der Waals surface area (Å²) >= 11 is 13.4. The maximum absolute atomic E-state index is 14.3. The first-order valence-electron chi connectivity index (χ1n) is 12.2. The molecule has 192 valence electrons. The molecule has 0 saturated carbocycles. The molecule has 0 amide bonds. The van der Waals surface area contributed by atoms with Gasteiger partial charge in [-0.05, 0) is 76.4 Å². The second-order valence-corrected chi connectivity index (χ2v) is 10.7. The van der Waals surface area contributed by atoms with Crippen molar-refractivity contribution in [1.29, 1.82) is 0 Å². The number of esters is 1. The van der Waals surface area contributed by atoms with E-state index in [2.05, 4.69) is 15.7 Å². The van der Waals surface area contributed by atoms with Crippen molar-refractivity contribution in [3.8, 4) is 0 Å². The molecule has 4 rings (SSSR count). The van der Waals surface area contributed by atoms with Crippen molar-refractivity contribution in [1.82, 2.24) is 9.78 Å². The minimum absolute atomic E-state index is 0.199. The lowest BCUT2D eigenvalue weighted by Crippen LogP contribution is -2.21. The van der Waals surface area contributed by atoms with E-state index in [1.807, 2.05) is 20.8 Å². The molecule has 0 aliphatic heterocycles. The van der Waals surface area contributed by atoms with Crippen LogP contribution in [0.5, 0.6) is 0 Å². The highest BCUT2D eigenvalue weighted by molar-refractivity contribution is 7.80. The van der Waals surface area contributed by atoms with Gasteiger partial charge in [0.2, 0.25) is 0 Å². The van der Waals surface area contributed by atoms with E-state index in [9.17, 15) is 9.18 Å². The molecule has 0 unspecified atom stereocenters. The molecule has 6 nitrogen and oxygen atoms in total. The number of ether oxygens (including phenoxy) is 1. The average molecular weight is 549 g/mol. The Bertz CT molecular complexity index is 1270. The fourth-order valence-corrected chi connectivity index (χ4v) is 6.31. The Balaban J connectivity index is 1.57. The number of hydrogen-bond donors (Lipinski definition) is 2. The Morgan fingerprint density at radius 2 is 1.97 bits per heavy atom. The zero-order valence-corrected chi connectivity index (χ0v) is 23.1. The molecule has 0 fully saturated rings. The predicted octanol–water partition coefficient (Wildman–Crippen LogP) is 7.05. The van der Waals surface area contributed by atoms with Gasteiger partial charge in [0.1, 0.15) is 10.8 Å². The Morgan fingerprint density at radius 3 is 2.69 bits per heavy atom. The van der Waals surface area contributed by atoms with E-state index < -0.39 is 0 Å². The molecular weight excluding hydrogens is 519 g/mol. The van der Waals surface area contributed by atoms with E-state index in [4.69, 9.17) is 28.6 Å². The average Bonchev–Trinajstić information content (AvgIpc) is 3.27. The summed E-state index contributed by atoms with van der Waals surface area (Å²) < 4.78 is 21.4. The number of aryl methyl sites for hydroxylation is 2. The Kier molecular flexibility index (Phi) is 8.64. The minimum Gasteiger partial charge on any atom is -0.462 e. The van der Waals surface area contributed by atoms with E-state index in [0.717, 1.165) is 42.6 Å². The van der Waals surface area contributed by atoms with E-state index in [1.54, 1.807) is 28.2 Å². The zero-order valence-electron chi connectivity index (χ0n) is 20.7. The van der Waals surface area contributed by atoms with Gasteiger partial charge in [0.15, 0.2) is 5.11 Å². The Hall–Kier alpha value is -2.49. The number of nitrogens with zero attached hydrogens (tertiary/aromatic N) is 2. The van der Waals surface area contributed by atoms with Gasteiger partial charge in [-0.1, -0.05) is 30.5 Å². The van der Waals surface area contributed by atoms with Crippen molar-refractivity contribution in [3.63, 3.8) is 0 Å².